The standard InChI is InChI=1S/C10H11F3N2S/c11-10(12,13)6-7-14-9(16)15-8-4-2-1-3-5-8/h1-5H,6-7H2,(H2,14,15,16). The lowest BCUT2D eigenvalue weighted by Gasteiger charge is -2.11. The second-order valence-electron chi connectivity index (χ2n) is 3.11. The normalized spacial score (nSPS) is 10.9. The van der Waals surface area contributed by atoms with Crippen LogP contribution in [0.2, 0.25) is 0 Å². The Balaban J connectivity index is 2.27. The van der Waals surface area contributed by atoms with Gasteiger partial charge >= 0.3 is 6.18 Å². The number of hydrogen-bond acceptors (Lipinski definition) is 1. The third kappa shape index (κ3) is 5.55. The highest BCUT2D eigenvalue weighted by molar-refractivity contribution is 7.80. The van der Waals surface area contributed by atoms with Gasteiger partial charge in [-0.15, -0.1) is 0 Å². The van der Waals surface area contributed by atoms with Crippen molar-refractivity contribution in [3.63, 3.8) is 0 Å². The highest BCUT2D eigenvalue weighted by Gasteiger charge is 2.26. The Bertz CT molecular complexity index is 338. The Morgan fingerprint density at radius 1 is 1.19 bits per heavy atom. The van der Waals surface area contributed by atoms with Crippen molar-refractivity contribution in [3.05, 3.63) is 30.3 Å². The summed E-state index contributed by atoms with van der Waals surface area (Å²) in [6.45, 7) is -0.220. The lowest BCUT2D eigenvalue weighted by Crippen LogP contribution is -2.31. The molecule has 1 aromatic rings. The summed E-state index contributed by atoms with van der Waals surface area (Å²) < 4.78 is 35.5. The van der Waals surface area contributed by atoms with Gasteiger partial charge in [-0.05, 0) is 24.4 Å². The van der Waals surface area contributed by atoms with Crippen molar-refractivity contribution in [2.45, 2.75) is 12.6 Å². The van der Waals surface area contributed by atoms with Crippen molar-refractivity contribution in [1.29, 1.82) is 0 Å². The van der Waals surface area contributed by atoms with Crippen molar-refractivity contribution in [2.24, 2.45) is 0 Å². The molecule has 1 rings (SSSR count). The van der Waals surface area contributed by atoms with E-state index in [-0.39, 0.29) is 11.7 Å². The molecule has 0 fully saturated rings. The van der Waals surface area contributed by atoms with Crippen LogP contribution in [0.4, 0.5) is 18.9 Å². The molecule has 0 aliphatic carbocycles. The molecule has 0 saturated heterocycles. The minimum atomic E-state index is -4.16. The zero-order valence-corrected chi connectivity index (χ0v) is 9.16. The first-order valence-electron chi connectivity index (χ1n) is 4.64. The number of anilines is 1. The summed E-state index contributed by atoms with van der Waals surface area (Å²) in [5.74, 6) is 0. The van der Waals surface area contributed by atoms with E-state index in [9.17, 15) is 13.2 Å². The number of alkyl halides is 3. The molecule has 0 saturated carbocycles. The van der Waals surface area contributed by atoms with Crippen LogP contribution < -0.4 is 10.6 Å². The SMILES string of the molecule is FC(F)(F)CCNC(=S)Nc1ccccc1. The van der Waals surface area contributed by atoms with Crippen LogP contribution in [0.3, 0.4) is 0 Å². The van der Waals surface area contributed by atoms with E-state index < -0.39 is 12.6 Å². The van der Waals surface area contributed by atoms with Gasteiger partial charge in [-0.25, -0.2) is 0 Å². The largest absolute Gasteiger partial charge is 0.390 e. The van der Waals surface area contributed by atoms with Gasteiger partial charge in [0, 0.05) is 12.2 Å². The van der Waals surface area contributed by atoms with Crippen LogP contribution in [0.15, 0.2) is 30.3 Å². The molecule has 0 heterocycles. The van der Waals surface area contributed by atoms with Gasteiger partial charge in [-0.1, -0.05) is 18.2 Å². The van der Waals surface area contributed by atoms with Gasteiger partial charge in [-0.3, -0.25) is 0 Å². The Kier molecular flexibility index (Phi) is 4.54. The first kappa shape index (κ1) is 12.8. The van der Waals surface area contributed by atoms with Gasteiger partial charge in [-0.2, -0.15) is 13.2 Å². The Morgan fingerprint density at radius 3 is 2.38 bits per heavy atom. The number of nitrogens with one attached hydrogen (secondary N) is 2. The molecule has 0 unspecified atom stereocenters. The Labute approximate surface area is 96.8 Å². The van der Waals surface area contributed by atoms with Gasteiger partial charge in [0.2, 0.25) is 0 Å². The van der Waals surface area contributed by atoms with Crippen LogP contribution in [0.5, 0.6) is 0 Å². The molecule has 0 atom stereocenters. The summed E-state index contributed by atoms with van der Waals surface area (Å²) in [6, 6.07) is 9.00. The van der Waals surface area contributed by atoms with E-state index in [1.54, 1.807) is 24.3 Å². The molecule has 2 N–H and O–H groups in total. The Morgan fingerprint density at radius 2 is 1.81 bits per heavy atom. The summed E-state index contributed by atoms with van der Waals surface area (Å²) in [5.41, 5.74) is 0.743. The number of benzene rings is 1. The molecule has 2 nitrogen and oxygen atoms in total. The molecule has 0 spiro atoms. The molecular formula is C10H11F3N2S. The third-order valence-electron chi connectivity index (χ3n) is 1.73. The number of para-hydroxylation sites is 1. The number of rotatable bonds is 3. The summed E-state index contributed by atoms with van der Waals surface area (Å²) >= 11 is 4.83. The highest BCUT2D eigenvalue weighted by atomic mass is 32.1. The number of hydrogen-bond donors (Lipinski definition) is 2. The van der Waals surface area contributed by atoms with E-state index in [2.05, 4.69) is 10.6 Å². The van der Waals surface area contributed by atoms with Crippen LogP contribution in [0.1, 0.15) is 6.42 Å². The molecule has 0 aromatic heterocycles. The topological polar surface area (TPSA) is 24.1 Å². The van der Waals surface area contributed by atoms with Crippen molar-refractivity contribution in [3.8, 4) is 0 Å². The molecule has 0 aliphatic rings. The maximum atomic E-state index is 11.8. The Hall–Kier alpha value is -1.30. The van der Waals surface area contributed by atoms with Gasteiger partial charge in [0.25, 0.3) is 0 Å². The summed E-state index contributed by atoms with van der Waals surface area (Å²) in [5, 5.41) is 5.46. The lowest BCUT2D eigenvalue weighted by molar-refractivity contribution is -0.132. The number of halogens is 3. The van der Waals surface area contributed by atoms with Crippen molar-refractivity contribution in [2.75, 3.05) is 11.9 Å². The van der Waals surface area contributed by atoms with Gasteiger partial charge in [0.15, 0.2) is 5.11 Å². The minimum absolute atomic E-state index is 0.190. The average molecular weight is 248 g/mol. The molecule has 0 bridgehead atoms. The summed E-state index contributed by atoms with van der Waals surface area (Å²) in [7, 11) is 0. The summed E-state index contributed by atoms with van der Waals surface area (Å²) in [6.07, 6.45) is -5.06. The van der Waals surface area contributed by atoms with E-state index in [1.807, 2.05) is 6.07 Å². The predicted molar refractivity (Wildman–Crippen MR) is 61.3 cm³/mol. The van der Waals surface area contributed by atoms with Crippen molar-refractivity contribution in [1.82, 2.24) is 5.32 Å². The molecule has 0 radical (unpaired) electrons. The van der Waals surface area contributed by atoms with Crippen LogP contribution in [0.25, 0.3) is 0 Å². The average Bonchev–Trinajstić information content (AvgIpc) is 2.17. The molecule has 6 heteroatoms. The molecule has 88 valence electrons. The zero-order valence-electron chi connectivity index (χ0n) is 8.34. The first-order valence-corrected chi connectivity index (χ1v) is 5.05. The molecule has 0 aliphatic heterocycles. The molecule has 1 aromatic carbocycles. The quantitative estimate of drug-likeness (QED) is 0.804. The van der Waals surface area contributed by atoms with E-state index in [0.717, 1.165) is 5.69 Å². The van der Waals surface area contributed by atoms with Crippen molar-refractivity contribution < 1.29 is 13.2 Å². The van der Waals surface area contributed by atoms with Gasteiger partial charge < -0.3 is 10.6 Å². The lowest BCUT2D eigenvalue weighted by atomic mass is 10.3. The zero-order chi connectivity index (χ0) is 12.0. The van der Waals surface area contributed by atoms with Crippen molar-refractivity contribution >= 4 is 23.0 Å². The van der Waals surface area contributed by atoms with E-state index in [0.29, 0.717) is 0 Å². The van der Waals surface area contributed by atoms with E-state index >= 15 is 0 Å². The number of thiocarbonyl (C=S) groups is 1. The van der Waals surface area contributed by atoms with E-state index in [4.69, 9.17) is 12.2 Å². The summed E-state index contributed by atoms with van der Waals surface area (Å²) in [4.78, 5) is 0. The fraction of sp³-hybridized carbons (Fsp3) is 0.300. The van der Waals surface area contributed by atoms with E-state index in [1.165, 1.54) is 0 Å². The molecular weight excluding hydrogens is 237 g/mol. The van der Waals surface area contributed by atoms with Gasteiger partial charge in [0.05, 0.1) is 6.42 Å². The maximum absolute atomic E-state index is 11.8. The van der Waals surface area contributed by atoms with Crippen LogP contribution in [0, 0.1) is 0 Å². The maximum Gasteiger partial charge on any atom is 0.390 e. The molecule has 0 amide bonds. The first-order chi connectivity index (χ1) is 7.47. The fourth-order valence-corrected chi connectivity index (χ4v) is 1.23. The smallest absolute Gasteiger partial charge is 0.362 e. The van der Waals surface area contributed by atoms with Crippen LogP contribution >= 0.6 is 12.2 Å². The highest BCUT2D eigenvalue weighted by Crippen LogP contribution is 2.18. The van der Waals surface area contributed by atoms with Gasteiger partial charge in [0.1, 0.15) is 0 Å². The fourth-order valence-electron chi connectivity index (χ4n) is 1.01. The second-order valence-corrected chi connectivity index (χ2v) is 3.52. The second kappa shape index (κ2) is 5.69. The van der Waals surface area contributed by atoms with Crippen LogP contribution in [-0.4, -0.2) is 17.8 Å². The molecule has 16 heavy (non-hydrogen) atoms. The predicted octanol–water partition coefficient (Wildman–Crippen LogP) is 2.93. The minimum Gasteiger partial charge on any atom is -0.362 e. The third-order valence-corrected chi connectivity index (χ3v) is 1.97. The monoisotopic (exact) mass is 248 g/mol. The van der Waals surface area contributed by atoms with Crippen LogP contribution in [-0.2, 0) is 0 Å².